The molecule has 3 aromatic rings. The number of hydrogen-bond donors (Lipinski definition) is 2. The maximum Gasteiger partial charge on any atom is 0.119 e. The van der Waals surface area contributed by atoms with Gasteiger partial charge in [0.25, 0.3) is 0 Å². The SMILES string of the molecule is Cc1ccc([C@H]2C[C@@H](O)C[C@@H](CO)O2)cc1Cc1ccc(OCC2OCc3ccccc32)cc1. The summed E-state index contributed by atoms with van der Waals surface area (Å²) in [4.78, 5) is 0. The normalized spacial score (nSPS) is 24.1. The van der Waals surface area contributed by atoms with Crippen molar-refractivity contribution in [3.63, 3.8) is 0 Å². The Morgan fingerprint density at radius 1 is 1.00 bits per heavy atom. The van der Waals surface area contributed by atoms with Gasteiger partial charge >= 0.3 is 0 Å². The van der Waals surface area contributed by atoms with E-state index in [1.54, 1.807) is 0 Å². The van der Waals surface area contributed by atoms with Gasteiger partial charge < -0.3 is 24.4 Å². The van der Waals surface area contributed by atoms with Crippen LogP contribution in [-0.2, 0) is 22.5 Å². The number of ether oxygens (including phenoxy) is 3. The highest BCUT2D eigenvalue weighted by atomic mass is 16.5. The molecular weight excluding hydrogens is 428 g/mol. The van der Waals surface area contributed by atoms with Crippen LogP contribution in [0.4, 0.5) is 0 Å². The van der Waals surface area contributed by atoms with Crippen LogP contribution in [-0.4, -0.2) is 35.6 Å². The Morgan fingerprint density at radius 2 is 1.82 bits per heavy atom. The van der Waals surface area contributed by atoms with Crippen molar-refractivity contribution in [2.75, 3.05) is 13.2 Å². The van der Waals surface area contributed by atoms with E-state index in [1.807, 2.05) is 24.3 Å². The van der Waals surface area contributed by atoms with Gasteiger partial charge in [0.15, 0.2) is 0 Å². The monoisotopic (exact) mass is 460 g/mol. The molecule has 0 spiro atoms. The van der Waals surface area contributed by atoms with Gasteiger partial charge in [-0.2, -0.15) is 0 Å². The van der Waals surface area contributed by atoms with Crippen LogP contribution >= 0.6 is 0 Å². The predicted octanol–water partition coefficient (Wildman–Crippen LogP) is 4.81. The first-order valence-electron chi connectivity index (χ1n) is 12.0. The highest BCUT2D eigenvalue weighted by Crippen LogP contribution is 2.33. The molecule has 0 aromatic heterocycles. The van der Waals surface area contributed by atoms with Gasteiger partial charge in [-0.15, -0.1) is 0 Å². The molecular formula is C29H32O5. The molecule has 0 radical (unpaired) electrons. The first-order valence-corrected chi connectivity index (χ1v) is 12.0. The van der Waals surface area contributed by atoms with Gasteiger partial charge in [-0.3, -0.25) is 0 Å². The Kier molecular flexibility index (Phi) is 6.97. The van der Waals surface area contributed by atoms with Crippen LogP contribution in [0.3, 0.4) is 0 Å². The summed E-state index contributed by atoms with van der Waals surface area (Å²) in [5.74, 6) is 0.835. The van der Waals surface area contributed by atoms with Crippen molar-refractivity contribution in [1.82, 2.24) is 0 Å². The van der Waals surface area contributed by atoms with Crippen LogP contribution < -0.4 is 4.74 Å². The van der Waals surface area contributed by atoms with E-state index in [4.69, 9.17) is 14.2 Å². The Labute approximate surface area is 200 Å². The van der Waals surface area contributed by atoms with E-state index >= 15 is 0 Å². The topological polar surface area (TPSA) is 68.2 Å². The fourth-order valence-electron chi connectivity index (χ4n) is 4.90. The first-order chi connectivity index (χ1) is 16.6. The highest BCUT2D eigenvalue weighted by molar-refractivity contribution is 5.38. The zero-order chi connectivity index (χ0) is 23.5. The van der Waals surface area contributed by atoms with Gasteiger partial charge in [0, 0.05) is 12.8 Å². The minimum Gasteiger partial charge on any atom is -0.491 e. The molecule has 1 fully saturated rings. The minimum atomic E-state index is -0.448. The molecule has 178 valence electrons. The first kappa shape index (κ1) is 23.1. The van der Waals surface area contributed by atoms with E-state index in [2.05, 4.69) is 49.4 Å². The lowest BCUT2D eigenvalue weighted by Crippen LogP contribution is -2.33. The third-order valence-corrected chi connectivity index (χ3v) is 6.89. The molecule has 2 aliphatic heterocycles. The number of aryl methyl sites for hydroxylation is 1. The van der Waals surface area contributed by atoms with E-state index in [-0.39, 0.29) is 24.9 Å². The van der Waals surface area contributed by atoms with E-state index in [9.17, 15) is 10.2 Å². The summed E-state index contributed by atoms with van der Waals surface area (Å²) in [7, 11) is 0. The molecule has 0 saturated carbocycles. The Bertz CT molecular complexity index is 1110. The molecule has 2 heterocycles. The summed E-state index contributed by atoms with van der Waals surface area (Å²) >= 11 is 0. The Hall–Kier alpha value is -2.70. The predicted molar refractivity (Wildman–Crippen MR) is 130 cm³/mol. The van der Waals surface area contributed by atoms with Crippen LogP contribution in [0.2, 0.25) is 0 Å². The van der Waals surface area contributed by atoms with Crippen molar-refractivity contribution < 1.29 is 24.4 Å². The summed E-state index contributed by atoms with van der Waals surface area (Å²) in [6.45, 7) is 3.19. The second-order valence-electron chi connectivity index (χ2n) is 9.37. The third kappa shape index (κ3) is 5.18. The maximum absolute atomic E-state index is 10.2. The summed E-state index contributed by atoms with van der Waals surface area (Å²) in [5.41, 5.74) is 7.16. The fourth-order valence-corrected chi connectivity index (χ4v) is 4.90. The summed E-state index contributed by atoms with van der Waals surface area (Å²) in [5, 5.41) is 19.7. The van der Waals surface area contributed by atoms with Crippen molar-refractivity contribution in [3.8, 4) is 5.75 Å². The summed E-state index contributed by atoms with van der Waals surface area (Å²) in [6, 6.07) is 22.9. The number of benzene rings is 3. The lowest BCUT2D eigenvalue weighted by molar-refractivity contribution is -0.113. The van der Waals surface area contributed by atoms with Gasteiger partial charge in [0.2, 0.25) is 0 Å². The molecule has 5 nitrogen and oxygen atoms in total. The van der Waals surface area contributed by atoms with Crippen molar-refractivity contribution >= 4 is 0 Å². The average Bonchev–Trinajstić information content (AvgIpc) is 3.27. The lowest BCUT2D eigenvalue weighted by Gasteiger charge is -2.32. The van der Waals surface area contributed by atoms with Gasteiger partial charge in [0.05, 0.1) is 31.5 Å². The smallest absolute Gasteiger partial charge is 0.119 e. The molecule has 0 aliphatic carbocycles. The van der Waals surface area contributed by atoms with E-state index in [0.717, 1.165) is 17.7 Å². The molecule has 3 aromatic carbocycles. The van der Waals surface area contributed by atoms with E-state index in [1.165, 1.54) is 27.8 Å². The summed E-state index contributed by atoms with van der Waals surface area (Å²) in [6.07, 6.45) is 0.869. The van der Waals surface area contributed by atoms with Crippen molar-refractivity contribution in [3.05, 3.63) is 100 Å². The average molecular weight is 461 g/mol. The number of aliphatic hydroxyl groups excluding tert-OH is 2. The highest BCUT2D eigenvalue weighted by Gasteiger charge is 2.29. The number of fused-ring (bicyclic) bond motifs is 1. The van der Waals surface area contributed by atoms with Gasteiger partial charge in [-0.05, 0) is 58.9 Å². The maximum atomic E-state index is 10.2. The second-order valence-corrected chi connectivity index (χ2v) is 9.37. The zero-order valence-corrected chi connectivity index (χ0v) is 19.5. The molecule has 1 saturated heterocycles. The lowest BCUT2D eigenvalue weighted by atomic mass is 9.92. The summed E-state index contributed by atoms with van der Waals surface area (Å²) < 4.78 is 17.9. The molecule has 5 rings (SSSR count). The molecule has 4 atom stereocenters. The Balaban J connectivity index is 1.22. The number of aliphatic hydroxyl groups is 2. The van der Waals surface area contributed by atoms with Crippen LogP contribution in [0, 0.1) is 6.92 Å². The quantitative estimate of drug-likeness (QED) is 0.530. The van der Waals surface area contributed by atoms with Crippen LogP contribution in [0.25, 0.3) is 0 Å². The van der Waals surface area contributed by atoms with E-state index < -0.39 is 6.10 Å². The van der Waals surface area contributed by atoms with Gasteiger partial charge in [-0.1, -0.05) is 54.6 Å². The fraction of sp³-hybridized carbons (Fsp3) is 0.379. The third-order valence-electron chi connectivity index (χ3n) is 6.89. The number of rotatable bonds is 7. The second kappa shape index (κ2) is 10.3. The van der Waals surface area contributed by atoms with Gasteiger partial charge in [0.1, 0.15) is 18.5 Å². The van der Waals surface area contributed by atoms with Crippen LogP contribution in [0.1, 0.15) is 58.4 Å². The standard InChI is InChI=1S/C29H32O5/c1-19-6-9-21(28-15-24(31)14-26(16-30)34-28)13-23(19)12-20-7-10-25(11-8-20)32-18-29-27-5-3-2-4-22(27)17-33-29/h2-11,13,24,26,28-31H,12,14-18H2,1H3/t24-,26-,28+,29?/m0/s1. The van der Waals surface area contributed by atoms with Crippen molar-refractivity contribution in [2.24, 2.45) is 0 Å². The number of hydrogen-bond acceptors (Lipinski definition) is 5. The zero-order valence-electron chi connectivity index (χ0n) is 19.5. The van der Waals surface area contributed by atoms with Gasteiger partial charge in [-0.25, -0.2) is 0 Å². The van der Waals surface area contributed by atoms with E-state index in [0.29, 0.717) is 26.1 Å². The molecule has 0 amide bonds. The largest absolute Gasteiger partial charge is 0.491 e. The molecule has 1 unspecified atom stereocenters. The molecule has 34 heavy (non-hydrogen) atoms. The van der Waals surface area contributed by atoms with Crippen molar-refractivity contribution in [2.45, 2.75) is 57.2 Å². The molecule has 2 N–H and O–H groups in total. The van der Waals surface area contributed by atoms with Crippen LogP contribution in [0.5, 0.6) is 5.75 Å². The van der Waals surface area contributed by atoms with Crippen LogP contribution in [0.15, 0.2) is 66.7 Å². The molecule has 2 aliphatic rings. The Morgan fingerprint density at radius 3 is 2.65 bits per heavy atom. The van der Waals surface area contributed by atoms with Crippen molar-refractivity contribution in [1.29, 1.82) is 0 Å². The molecule has 5 heteroatoms. The molecule has 0 bridgehead atoms. The minimum absolute atomic E-state index is 0.0211.